The molecule has 19 unspecified atom stereocenters. The van der Waals surface area contributed by atoms with Crippen LogP contribution in [0.25, 0.3) is 0 Å². The Labute approximate surface area is 368 Å². The molecule has 0 amide bonds. The van der Waals surface area contributed by atoms with E-state index in [0.29, 0.717) is 77.8 Å². The van der Waals surface area contributed by atoms with E-state index in [1.165, 1.54) is 127 Å². The zero-order valence-electron chi connectivity index (χ0n) is 37.6. The zero-order chi connectivity index (χ0) is 40.8. The second-order valence-electron chi connectivity index (χ2n) is 22.8. The van der Waals surface area contributed by atoms with Crippen molar-refractivity contribution >= 4 is 5.84 Å². The second-order valence-corrected chi connectivity index (χ2v) is 22.8. The average Bonchev–Trinajstić information content (AvgIpc) is 3.95. The fraction of sp³-hybridized carbons (Fsp3) is 0.778. The first-order valence-electron chi connectivity index (χ1n) is 26.2. The predicted molar refractivity (Wildman–Crippen MR) is 244 cm³/mol. The van der Waals surface area contributed by atoms with Gasteiger partial charge in [-0.3, -0.25) is 10.2 Å². The summed E-state index contributed by atoms with van der Waals surface area (Å²) in [5, 5.41) is 19.9. The lowest BCUT2D eigenvalue weighted by Gasteiger charge is -2.47. The van der Waals surface area contributed by atoms with Gasteiger partial charge in [0.05, 0.1) is 23.9 Å². The molecule has 7 heteroatoms. The first-order chi connectivity index (χ1) is 30.0. The van der Waals surface area contributed by atoms with E-state index in [4.69, 9.17) is 9.73 Å². The third-order valence-electron chi connectivity index (χ3n) is 19.6. The fourth-order valence-corrected chi connectivity index (χ4v) is 17.0. The highest BCUT2D eigenvalue weighted by molar-refractivity contribution is 6.01. The van der Waals surface area contributed by atoms with Gasteiger partial charge in [-0.2, -0.15) is 5.26 Å². The van der Waals surface area contributed by atoms with E-state index in [9.17, 15) is 5.26 Å². The first-order valence-corrected chi connectivity index (χ1v) is 26.2. The highest BCUT2D eigenvalue weighted by atomic mass is 16.5. The zero-order valence-corrected chi connectivity index (χ0v) is 37.6. The number of allylic oxidation sites excluding steroid dienone is 6. The second kappa shape index (κ2) is 16.4. The Bertz CT molecular complexity index is 1850. The molecule has 4 aliphatic heterocycles. The van der Waals surface area contributed by atoms with Crippen molar-refractivity contribution in [2.75, 3.05) is 0 Å². The quantitative estimate of drug-likeness (QED) is 0.269. The number of hydrogen-bond donors (Lipinski definition) is 2. The van der Waals surface area contributed by atoms with Crippen LogP contribution in [0.1, 0.15) is 149 Å². The van der Waals surface area contributed by atoms with Gasteiger partial charge in [-0.05, 0) is 155 Å². The smallest absolute Gasteiger partial charge is 0.128 e. The number of nitrogens with one attached hydrogen (secondary N) is 2. The van der Waals surface area contributed by atoms with Crippen LogP contribution in [0.5, 0.6) is 0 Å². The molecule has 61 heavy (non-hydrogen) atoms. The number of rotatable bonds is 5. The van der Waals surface area contributed by atoms with Crippen LogP contribution in [0.15, 0.2) is 64.4 Å². The van der Waals surface area contributed by atoms with E-state index in [1.807, 2.05) is 0 Å². The van der Waals surface area contributed by atoms with E-state index in [2.05, 4.69) is 82.9 Å². The van der Waals surface area contributed by atoms with Crippen molar-refractivity contribution < 1.29 is 4.74 Å². The van der Waals surface area contributed by atoms with Crippen molar-refractivity contribution in [1.29, 1.82) is 5.26 Å². The summed E-state index contributed by atoms with van der Waals surface area (Å²) >= 11 is 0. The van der Waals surface area contributed by atoms with Gasteiger partial charge in [0.25, 0.3) is 0 Å². The number of amidine groups is 1. The summed E-state index contributed by atoms with van der Waals surface area (Å²) in [4.78, 5) is 11.8. The molecule has 7 fully saturated rings. The number of nitriles is 1. The van der Waals surface area contributed by atoms with Crippen LogP contribution in [0, 0.1) is 70.5 Å². The topological polar surface area (TPSA) is 75.9 Å². The molecule has 0 spiro atoms. The molecule has 19 atom stereocenters. The molecule has 0 aromatic carbocycles. The van der Waals surface area contributed by atoms with E-state index in [0.717, 1.165) is 48.4 Å². The minimum absolute atomic E-state index is 0.0816. The van der Waals surface area contributed by atoms with Crippen molar-refractivity contribution in [1.82, 2.24) is 20.4 Å². The van der Waals surface area contributed by atoms with Gasteiger partial charge in [0, 0.05) is 47.9 Å². The third kappa shape index (κ3) is 6.92. The SMILES string of the molecule is CC1C=CC2C(C1)C1CC(C)C=CC1N2C1CC(N2C3CCCCC3C3CCCCC32)=C(C#N)C=C1C1=NC(C2CC=CCC2)NC(C2CCC3OC4CCCCC4C3C2)N1. The van der Waals surface area contributed by atoms with Gasteiger partial charge >= 0.3 is 0 Å². The number of likely N-dealkylation sites (tertiary alicyclic amines) is 2. The lowest BCUT2D eigenvalue weighted by Crippen LogP contribution is -2.62. The molecule has 4 saturated carbocycles. The summed E-state index contributed by atoms with van der Waals surface area (Å²) in [7, 11) is 0. The Morgan fingerprint density at radius 1 is 0.689 bits per heavy atom. The monoisotopic (exact) mass is 825 g/mol. The lowest BCUT2D eigenvalue weighted by atomic mass is 9.69. The Balaban J connectivity index is 0.960. The standard InChI is InChI=1S/C54H76N6O/c1-32-20-23-46-40(26-32)41-27-33(2)21-24-47(41)60(46)49-30-48(59-44-17-9-6-14-37(44)38-15-7-10-18-45(38)59)36(31-55)29-43(49)54-57-52(34-12-4-3-5-13-34)56-53(58-54)35-22-25-51-42(28-35)39-16-8-11-19-50(39)61-51/h3-4,20-21,23-24,29,32-35,37-42,44-47,49-53,56H,5-19,22,25-28,30H2,1-2H3,(H,57,58). The summed E-state index contributed by atoms with van der Waals surface area (Å²) in [5.41, 5.74) is 3.65. The molecule has 12 aliphatic rings. The number of aliphatic imine (C=N–C) groups is 1. The maximum absolute atomic E-state index is 11.4. The van der Waals surface area contributed by atoms with E-state index >= 15 is 0 Å². The molecule has 8 aliphatic carbocycles. The predicted octanol–water partition coefficient (Wildman–Crippen LogP) is 10.3. The first kappa shape index (κ1) is 39.9. The molecule has 2 N–H and O–H groups in total. The molecule has 0 aromatic rings. The van der Waals surface area contributed by atoms with Crippen LogP contribution in [0.4, 0.5) is 0 Å². The highest BCUT2D eigenvalue weighted by Crippen LogP contribution is 2.55. The molecule has 328 valence electrons. The molecule has 4 heterocycles. The van der Waals surface area contributed by atoms with Crippen LogP contribution in [0.2, 0.25) is 0 Å². The third-order valence-corrected chi connectivity index (χ3v) is 19.6. The fourth-order valence-electron chi connectivity index (χ4n) is 17.0. The Kier molecular flexibility index (Phi) is 10.7. The number of hydrogen-bond acceptors (Lipinski definition) is 7. The van der Waals surface area contributed by atoms with Gasteiger partial charge in [0.15, 0.2) is 0 Å². The highest BCUT2D eigenvalue weighted by Gasteiger charge is 2.56. The number of fused-ring (bicyclic) bond motifs is 9. The van der Waals surface area contributed by atoms with Crippen LogP contribution in [0.3, 0.4) is 0 Å². The average molecular weight is 825 g/mol. The molecule has 0 radical (unpaired) electrons. The van der Waals surface area contributed by atoms with Gasteiger partial charge in [-0.25, -0.2) is 4.99 Å². The minimum atomic E-state index is 0.0816. The van der Waals surface area contributed by atoms with Gasteiger partial charge in [0.2, 0.25) is 0 Å². The molecule has 7 nitrogen and oxygen atoms in total. The van der Waals surface area contributed by atoms with E-state index in [-0.39, 0.29) is 18.4 Å². The summed E-state index contributed by atoms with van der Waals surface area (Å²) in [6.45, 7) is 4.89. The maximum Gasteiger partial charge on any atom is 0.128 e. The summed E-state index contributed by atoms with van der Waals surface area (Å²) in [6, 6.07) is 5.13. The van der Waals surface area contributed by atoms with Crippen molar-refractivity contribution in [3.8, 4) is 6.07 Å². The maximum atomic E-state index is 11.4. The lowest BCUT2D eigenvalue weighted by molar-refractivity contribution is -0.00305. The molecular weight excluding hydrogens is 749 g/mol. The molecular formula is C54H76N6O. The van der Waals surface area contributed by atoms with E-state index < -0.39 is 0 Å². The minimum Gasteiger partial charge on any atom is -0.374 e. The summed E-state index contributed by atoms with van der Waals surface area (Å²) in [5.74, 6) is 7.78. The molecule has 3 saturated heterocycles. The van der Waals surface area contributed by atoms with E-state index in [1.54, 1.807) is 0 Å². The Morgan fingerprint density at radius 3 is 2.05 bits per heavy atom. The number of nitrogens with zero attached hydrogens (tertiary/aromatic N) is 4. The van der Waals surface area contributed by atoms with Crippen LogP contribution in [-0.2, 0) is 4.74 Å². The molecule has 0 bridgehead atoms. The molecule has 12 rings (SSSR count). The summed E-state index contributed by atoms with van der Waals surface area (Å²) < 4.78 is 6.81. The van der Waals surface area contributed by atoms with Crippen LogP contribution in [-0.4, -0.2) is 70.4 Å². The largest absolute Gasteiger partial charge is 0.374 e. The van der Waals surface area contributed by atoms with Crippen molar-refractivity contribution in [3.05, 3.63) is 59.4 Å². The molecule has 0 aromatic heterocycles. The van der Waals surface area contributed by atoms with Crippen LogP contribution >= 0.6 is 0 Å². The Morgan fingerprint density at radius 2 is 1.36 bits per heavy atom. The van der Waals surface area contributed by atoms with Crippen molar-refractivity contribution in [3.63, 3.8) is 0 Å². The Hall–Kier alpha value is -2.66. The van der Waals surface area contributed by atoms with Crippen molar-refractivity contribution in [2.24, 2.45) is 64.2 Å². The van der Waals surface area contributed by atoms with Crippen LogP contribution < -0.4 is 10.6 Å². The van der Waals surface area contributed by atoms with Gasteiger partial charge in [-0.15, -0.1) is 0 Å². The number of ether oxygens (including phenoxy) is 1. The van der Waals surface area contributed by atoms with Gasteiger partial charge < -0.3 is 15.0 Å². The van der Waals surface area contributed by atoms with Gasteiger partial charge in [0.1, 0.15) is 18.1 Å². The van der Waals surface area contributed by atoms with Gasteiger partial charge in [-0.1, -0.05) is 88.8 Å². The normalized spacial score (nSPS) is 49.1. The summed E-state index contributed by atoms with van der Waals surface area (Å²) in [6.07, 6.45) is 45.6. The van der Waals surface area contributed by atoms with Crippen molar-refractivity contribution in [2.45, 2.75) is 203 Å².